The van der Waals surface area contributed by atoms with Crippen molar-refractivity contribution in [2.45, 2.75) is 45.2 Å². The second-order valence-electron chi connectivity index (χ2n) is 9.94. The number of rotatable bonds is 12. The van der Waals surface area contributed by atoms with Crippen molar-refractivity contribution in [1.29, 1.82) is 0 Å². The van der Waals surface area contributed by atoms with E-state index in [-0.39, 0.29) is 24.8 Å². The molecule has 0 fully saturated rings. The summed E-state index contributed by atoms with van der Waals surface area (Å²) in [6.45, 7) is 4.22. The van der Waals surface area contributed by atoms with Gasteiger partial charge in [-0.3, -0.25) is 34.4 Å². The van der Waals surface area contributed by atoms with Gasteiger partial charge in [0, 0.05) is 25.5 Å². The molecule has 9 heteroatoms. The molecule has 0 bridgehead atoms. The van der Waals surface area contributed by atoms with Gasteiger partial charge in [-0.1, -0.05) is 44.2 Å². The first kappa shape index (κ1) is 26.9. The maximum absolute atomic E-state index is 13.0. The summed E-state index contributed by atoms with van der Waals surface area (Å²) in [6, 6.07) is 12.8. The molecule has 3 aromatic rings. The molecular weight excluding hydrogens is 484 g/mol. The molecule has 0 saturated carbocycles. The Morgan fingerprint density at radius 1 is 0.974 bits per heavy atom. The van der Waals surface area contributed by atoms with E-state index in [1.165, 1.54) is 0 Å². The molecule has 198 valence electrons. The second-order valence-corrected chi connectivity index (χ2v) is 9.94. The topological polar surface area (TPSA) is 129 Å². The third-order valence-electron chi connectivity index (χ3n) is 6.64. The van der Waals surface area contributed by atoms with Crippen LogP contribution in [0.5, 0.6) is 0 Å². The molecule has 4 rings (SSSR count). The highest BCUT2D eigenvalue weighted by molar-refractivity contribution is 6.23. The summed E-state index contributed by atoms with van der Waals surface area (Å²) >= 11 is 0. The highest BCUT2D eigenvalue weighted by Crippen LogP contribution is 2.28. The minimum absolute atomic E-state index is 0.0299. The van der Waals surface area contributed by atoms with Crippen molar-refractivity contribution >= 4 is 34.5 Å². The molecule has 0 spiro atoms. The molecular formula is C29H32N4O5. The number of carboxylic acids is 1. The van der Waals surface area contributed by atoms with E-state index >= 15 is 0 Å². The number of pyridine rings is 1. The van der Waals surface area contributed by atoms with Gasteiger partial charge in [-0.05, 0) is 59.7 Å². The van der Waals surface area contributed by atoms with Crippen molar-refractivity contribution in [1.82, 2.24) is 20.5 Å². The van der Waals surface area contributed by atoms with Crippen LogP contribution in [0.15, 0.2) is 60.9 Å². The molecule has 1 aliphatic heterocycles. The van der Waals surface area contributed by atoms with Crippen LogP contribution in [0, 0.1) is 5.92 Å². The molecule has 3 N–H and O–H groups in total. The largest absolute Gasteiger partial charge is 0.480 e. The predicted octanol–water partition coefficient (Wildman–Crippen LogP) is 3.04. The number of benzene rings is 2. The van der Waals surface area contributed by atoms with Gasteiger partial charge in [-0.15, -0.1) is 0 Å². The number of fused-ring (bicyclic) bond motifs is 2. The molecule has 0 aliphatic carbocycles. The number of carbonyl (C=O) groups excluding carboxylic acids is 3. The Kier molecular flexibility index (Phi) is 8.48. The monoisotopic (exact) mass is 516 g/mol. The van der Waals surface area contributed by atoms with E-state index in [4.69, 9.17) is 0 Å². The summed E-state index contributed by atoms with van der Waals surface area (Å²) in [4.78, 5) is 56.2. The van der Waals surface area contributed by atoms with Crippen LogP contribution in [0.1, 0.15) is 53.0 Å². The van der Waals surface area contributed by atoms with E-state index in [0.29, 0.717) is 30.5 Å². The van der Waals surface area contributed by atoms with Crippen LogP contribution in [0.25, 0.3) is 10.8 Å². The standard InChI is InChI=1S/C29H32N4O5/c1-18(2)14-25(26(34)31-12-9-19-6-5-11-30-17-19)32-24(29(37)38)10-13-33-27(35)22-15-20-7-3-4-8-21(20)16-23(22)28(33)36/h3-8,11,15-18,24-25,32H,9-10,12-14H2,1-2H3,(H,31,34)(H,37,38). The number of imide groups is 1. The van der Waals surface area contributed by atoms with Crippen molar-refractivity contribution in [2.75, 3.05) is 13.1 Å². The molecule has 1 aliphatic rings. The van der Waals surface area contributed by atoms with Crippen LogP contribution in [0.2, 0.25) is 0 Å². The summed E-state index contributed by atoms with van der Waals surface area (Å²) in [5.41, 5.74) is 1.62. The Balaban J connectivity index is 1.40. The summed E-state index contributed by atoms with van der Waals surface area (Å²) in [6.07, 6.45) is 4.42. The Morgan fingerprint density at radius 3 is 2.18 bits per heavy atom. The summed E-state index contributed by atoms with van der Waals surface area (Å²) in [5, 5.41) is 17.4. The fourth-order valence-electron chi connectivity index (χ4n) is 4.68. The van der Waals surface area contributed by atoms with Gasteiger partial charge in [-0.25, -0.2) is 0 Å². The second kappa shape index (κ2) is 12.0. The summed E-state index contributed by atoms with van der Waals surface area (Å²) in [5.74, 6) is -2.18. The molecule has 0 saturated heterocycles. The highest BCUT2D eigenvalue weighted by atomic mass is 16.4. The first-order valence-corrected chi connectivity index (χ1v) is 12.8. The third kappa shape index (κ3) is 6.23. The van der Waals surface area contributed by atoms with E-state index in [1.807, 2.05) is 50.2 Å². The molecule has 2 heterocycles. The van der Waals surface area contributed by atoms with Crippen molar-refractivity contribution in [2.24, 2.45) is 5.92 Å². The number of aliphatic carboxylic acids is 1. The van der Waals surface area contributed by atoms with Gasteiger partial charge in [0.15, 0.2) is 0 Å². The zero-order valence-corrected chi connectivity index (χ0v) is 21.5. The minimum atomic E-state index is -1.15. The van der Waals surface area contributed by atoms with E-state index < -0.39 is 29.9 Å². The van der Waals surface area contributed by atoms with E-state index in [9.17, 15) is 24.3 Å². The third-order valence-corrected chi connectivity index (χ3v) is 6.64. The van der Waals surface area contributed by atoms with E-state index in [0.717, 1.165) is 21.2 Å². The zero-order valence-electron chi connectivity index (χ0n) is 21.5. The van der Waals surface area contributed by atoms with Crippen LogP contribution in [-0.4, -0.2) is 63.9 Å². The molecule has 3 amide bonds. The SMILES string of the molecule is CC(C)CC(NC(CCN1C(=O)c2cc3ccccc3cc2C1=O)C(=O)O)C(=O)NCCc1cccnc1. The Morgan fingerprint density at radius 2 is 1.63 bits per heavy atom. The lowest BCUT2D eigenvalue weighted by Gasteiger charge is -2.25. The number of nitrogens with one attached hydrogen (secondary N) is 2. The van der Waals surface area contributed by atoms with Crippen LogP contribution < -0.4 is 10.6 Å². The first-order chi connectivity index (χ1) is 18.2. The van der Waals surface area contributed by atoms with Crippen LogP contribution in [-0.2, 0) is 16.0 Å². The van der Waals surface area contributed by atoms with Crippen molar-refractivity contribution in [3.63, 3.8) is 0 Å². The molecule has 2 unspecified atom stereocenters. The number of hydrogen-bond acceptors (Lipinski definition) is 6. The average molecular weight is 517 g/mol. The Labute approximate surface area is 221 Å². The maximum Gasteiger partial charge on any atom is 0.320 e. The number of aromatic nitrogens is 1. The number of carboxylic acid groups (broad SMARTS) is 1. The van der Waals surface area contributed by atoms with Crippen molar-refractivity contribution in [3.8, 4) is 0 Å². The van der Waals surface area contributed by atoms with E-state index in [1.54, 1.807) is 24.5 Å². The van der Waals surface area contributed by atoms with Crippen molar-refractivity contribution in [3.05, 3.63) is 77.6 Å². The molecule has 38 heavy (non-hydrogen) atoms. The maximum atomic E-state index is 13.0. The Bertz CT molecular complexity index is 1290. The zero-order chi connectivity index (χ0) is 27.2. The molecule has 2 aromatic carbocycles. The molecule has 0 radical (unpaired) electrons. The lowest BCUT2D eigenvalue weighted by atomic mass is 10.0. The normalized spacial score (nSPS) is 14.6. The summed E-state index contributed by atoms with van der Waals surface area (Å²) in [7, 11) is 0. The fourth-order valence-corrected chi connectivity index (χ4v) is 4.68. The molecule has 9 nitrogen and oxygen atoms in total. The van der Waals surface area contributed by atoms with Gasteiger partial charge in [0.25, 0.3) is 11.8 Å². The van der Waals surface area contributed by atoms with Gasteiger partial charge < -0.3 is 10.4 Å². The Hall–Kier alpha value is -4.11. The summed E-state index contributed by atoms with van der Waals surface area (Å²) < 4.78 is 0. The van der Waals surface area contributed by atoms with E-state index in [2.05, 4.69) is 15.6 Å². The van der Waals surface area contributed by atoms with Crippen LogP contribution in [0.3, 0.4) is 0 Å². The van der Waals surface area contributed by atoms with Gasteiger partial charge in [0.2, 0.25) is 5.91 Å². The van der Waals surface area contributed by atoms with Crippen LogP contribution >= 0.6 is 0 Å². The number of amides is 3. The van der Waals surface area contributed by atoms with Crippen molar-refractivity contribution < 1.29 is 24.3 Å². The van der Waals surface area contributed by atoms with Gasteiger partial charge in [-0.2, -0.15) is 0 Å². The highest BCUT2D eigenvalue weighted by Gasteiger charge is 2.37. The first-order valence-electron chi connectivity index (χ1n) is 12.8. The van der Waals surface area contributed by atoms with Gasteiger partial charge >= 0.3 is 5.97 Å². The average Bonchev–Trinajstić information content (AvgIpc) is 3.13. The van der Waals surface area contributed by atoms with Gasteiger partial charge in [0.05, 0.1) is 17.2 Å². The molecule has 2 atom stereocenters. The van der Waals surface area contributed by atoms with Crippen LogP contribution in [0.4, 0.5) is 0 Å². The quantitative estimate of drug-likeness (QED) is 0.316. The number of nitrogens with zero attached hydrogens (tertiary/aromatic N) is 2. The van der Waals surface area contributed by atoms with Gasteiger partial charge in [0.1, 0.15) is 6.04 Å². The smallest absolute Gasteiger partial charge is 0.320 e. The molecule has 1 aromatic heterocycles. The fraction of sp³-hybridized carbons (Fsp3) is 0.345. The number of hydrogen-bond donors (Lipinski definition) is 3. The number of carbonyl (C=O) groups is 4. The lowest BCUT2D eigenvalue weighted by molar-refractivity contribution is -0.140. The minimum Gasteiger partial charge on any atom is -0.480 e. The lowest BCUT2D eigenvalue weighted by Crippen LogP contribution is -2.52. The predicted molar refractivity (Wildman–Crippen MR) is 143 cm³/mol.